The van der Waals surface area contributed by atoms with Crippen molar-refractivity contribution in [1.82, 2.24) is 9.88 Å². The smallest absolute Gasteiger partial charge is 0.257 e. The third kappa shape index (κ3) is 3.76. The van der Waals surface area contributed by atoms with E-state index in [9.17, 15) is 14.0 Å². The van der Waals surface area contributed by atoms with E-state index in [0.29, 0.717) is 16.8 Å². The number of hydrogen-bond acceptors (Lipinski definition) is 3. The first-order valence-electron chi connectivity index (χ1n) is 7.95. The van der Waals surface area contributed by atoms with Crippen LogP contribution in [-0.4, -0.2) is 34.8 Å². The van der Waals surface area contributed by atoms with Crippen LogP contribution in [0.25, 0.3) is 0 Å². The first kappa shape index (κ1) is 16.1. The number of benzene rings is 1. The van der Waals surface area contributed by atoms with E-state index >= 15 is 0 Å². The summed E-state index contributed by atoms with van der Waals surface area (Å²) in [5.41, 5.74) is 1.18. The number of carbonyl (C=O) groups is 2. The molecule has 0 saturated carbocycles. The van der Waals surface area contributed by atoms with E-state index in [1.54, 1.807) is 11.0 Å². The number of piperidine rings is 1. The van der Waals surface area contributed by atoms with Crippen LogP contribution in [0.2, 0.25) is 0 Å². The van der Waals surface area contributed by atoms with E-state index in [1.807, 2.05) is 0 Å². The molecule has 2 heterocycles. The molecule has 0 radical (unpaired) electrons. The van der Waals surface area contributed by atoms with Gasteiger partial charge in [-0.1, -0.05) is 0 Å². The molecule has 1 aliphatic rings. The fraction of sp³-hybridized carbons (Fsp3) is 0.278. The number of likely N-dealkylation sites (tertiary alicyclic amines) is 1. The molecule has 0 bridgehead atoms. The summed E-state index contributed by atoms with van der Waals surface area (Å²) in [5.74, 6) is -0.857. The molecule has 2 aromatic rings. The van der Waals surface area contributed by atoms with Gasteiger partial charge in [-0.15, -0.1) is 0 Å². The van der Waals surface area contributed by atoms with Gasteiger partial charge in [0.05, 0.1) is 11.1 Å². The van der Waals surface area contributed by atoms with Crippen LogP contribution >= 0.6 is 0 Å². The minimum absolute atomic E-state index is 0.0985. The second kappa shape index (κ2) is 7.21. The van der Waals surface area contributed by atoms with Crippen LogP contribution < -0.4 is 5.32 Å². The number of carbonyl (C=O) groups excluding carboxylic acids is 2. The number of halogens is 1. The maximum Gasteiger partial charge on any atom is 0.257 e. The lowest BCUT2D eigenvalue weighted by Crippen LogP contribution is -2.35. The van der Waals surface area contributed by atoms with Crippen molar-refractivity contribution in [2.75, 3.05) is 18.4 Å². The van der Waals surface area contributed by atoms with Gasteiger partial charge >= 0.3 is 0 Å². The average Bonchev–Trinajstić information content (AvgIpc) is 2.64. The third-order valence-electron chi connectivity index (χ3n) is 3.99. The van der Waals surface area contributed by atoms with E-state index in [1.165, 1.54) is 36.7 Å². The number of hydrogen-bond donors (Lipinski definition) is 1. The van der Waals surface area contributed by atoms with Crippen molar-refractivity contribution in [3.63, 3.8) is 0 Å². The minimum Gasteiger partial charge on any atom is -0.339 e. The standard InChI is InChI=1S/C18H18FN3O2/c19-15-4-6-16(7-5-15)21-17(23)13-10-14(12-20-11-13)18(24)22-8-2-1-3-9-22/h4-7,10-12H,1-3,8-9H2,(H,21,23). The maximum absolute atomic E-state index is 12.9. The van der Waals surface area contributed by atoms with Crippen molar-refractivity contribution in [3.05, 3.63) is 59.7 Å². The number of rotatable bonds is 3. The normalized spacial score (nSPS) is 14.3. The molecule has 2 amide bonds. The Kier molecular flexibility index (Phi) is 4.84. The van der Waals surface area contributed by atoms with Gasteiger partial charge in [0.15, 0.2) is 0 Å². The highest BCUT2D eigenvalue weighted by molar-refractivity contribution is 6.05. The lowest BCUT2D eigenvalue weighted by molar-refractivity contribution is 0.0724. The van der Waals surface area contributed by atoms with Crippen LogP contribution in [0.1, 0.15) is 40.0 Å². The fourth-order valence-electron chi connectivity index (χ4n) is 2.70. The predicted octanol–water partition coefficient (Wildman–Crippen LogP) is 3.10. The van der Waals surface area contributed by atoms with E-state index in [2.05, 4.69) is 10.3 Å². The zero-order chi connectivity index (χ0) is 16.9. The van der Waals surface area contributed by atoms with Gasteiger partial charge in [-0.05, 0) is 49.6 Å². The number of nitrogens with one attached hydrogen (secondary N) is 1. The molecular weight excluding hydrogens is 309 g/mol. The van der Waals surface area contributed by atoms with Gasteiger partial charge in [-0.2, -0.15) is 0 Å². The van der Waals surface area contributed by atoms with Crippen LogP contribution in [0.15, 0.2) is 42.7 Å². The Morgan fingerprint density at radius 1 is 1.00 bits per heavy atom. The van der Waals surface area contributed by atoms with Gasteiger partial charge in [-0.3, -0.25) is 14.6 Å². The summed E-state index contributed by atoms with van der Waals surface area (Å²) in [6, 6.07) is 7.03. The number of anilines is 1. The maximum atomic E-state index is 12.9. The average molecular weight is 327 g/mol. The Morgan fingerprint density at radius 3 is 2.38 bits per heavy atom. The highest BCUT2D eigenvalue weighted by Crippen LogP contribution is 2.15. The van der Waals surface area contributed by atoms with Crippen LogP contribution in [0, 0.1) is 5.82 Å². The molecule has 0 spiro atoms. The molecule has 24 heavy (non-hydrogen) atoms. The quantitative estimate of drug-likeness (QED) is 0.942. The molecule has 1 aliphatic heterocycles. The van der Waals surface area contributed by atoms with Crippen LogP contribution in [0.4, 0.5) is 10.1 Å². The fourth-order valence-corrected chi connectivity index (χ4v) is 2.70. The summed E-state index contributed by atoms with van der Waals surface area (Å²) in [5, 5.41) is 2.66. The SMILES string of the molecule is O=C(Nc1ccc(F)cc1)c1cncc(C(=O)N2CCCCC2)c1. The van der Waals surface area contributed by atoms with Crippen molar-refractivity contribution >= 4 is 17.5 Å². The Hall–Kier alpha value is -2.76. The van der Waals surface area contributed by atoms with Gasteiger partial charge in [0.2, 0.25) is 0 Å². The number of pyridine rings is 1. The molecule has 1 aromatic carbocycles. The Balaban J connectivity index is 1.73. The Morgan fingerprint density at radius 2 is 1.67 bits per heavy atom. The molecule has 1 fully saturated rings. The van der Waals surface area contributed by atoms with Gasteiger partial charge in [-0.25, -0.2) is 4.39 Å². The molecule has 124 valence electrons. The molecule has 0 aliphatic carbocycles. The molecule has 5 nitrogen and oxygen atoms in total. The highest BCUT2D eigenvalue weighted by atomic mass is 19.1. The summed E-state index contributed by atoms with van der Waals surface area (Å²) < 4.78 is 12.9. The molecule has 0 unspecified atom stereocenters. The van der Waals surface area contributed by atoms with Gasteiger partial charge in [0.1, 0.15) is 5.82 Å². The molecule has 6 heteroatoms. The van der Waals surface area contributed by atoms with Crippen molar-refractivity contribution in [1.29, 1.82) is 0 Å². The van der Waals surface area contributed by atoms with Crippen molar-refractivity contribution in [2.24, 2.45) is 0 Å². The predicted molar refractivity (Wildman–Crippen MR) is 88.3 cm³/mol. The van der Waals surface area contributed by atoms with E-state index < -0.39 is 0 Å². The summed E-state index contributed by atoms with van der Waals surface area (Å²) in [6.07, 6.45) is 6.04. The van der Waals surface area contributed by atoms with Crippen molar-refractivity contribution in [2.45, 2.75) is 19.3 Å². The molecular formula is C18H18FN3O2. The molecule has 0 atom stereocenters. The van der Waals surface area contributed by atoms with Crippen LogP contribution in [-0.2, 0) is 0 Å². The summed E-state index contributed by atoms with van der Waals surface area (Å²) in [7, 11) is 0. The highest BCUT2D eigenvalue weighted by Gasteiger charge is 2.19. The molecule has 3 rings (SSSR count). The lowest BCUT2D eigenvalue weighted by atomic mass is 10.1. The van der Waals surface area contributed by atoms with E-state index in [4.69, 9.17) is 0 Å². The van der Waals surface area contributed by atoms with Crippen LogP contribution in [0.5, 0.6) is 0 Å². The third-order valence-corrected chi connectivity index (χ3v) is 3.99. The van der Waals surface area contributed by atoms with Gasteiger partial charge in [0.25, 0.3) is 11.8 Å². The van der Waals surface area contributed by atoms with E-state index in [0.717, 1.165) is 32.4 Å². The number of amides is 2. The summed E-state index contributed by atoms with van der Waals surface area (Å²) in [4.78, 5) is 30.6. The van der Waals surface area contributed by atoms with E-state index in [-0.39, 0.29) is 17.6 Å². The van der Waals surface area contributed by atoms with Crippen molar-refractivity contribution in [3.8, 4) is 0 Å². The summed E-state index contributed by atoms with van der Waals surface area (Å²) in [6.45, 7) is 1.48. The minimum atomic E-state index is -0.387. The first-order chi connectivity index (χ1) is 11.6. The first-order valence-corrected chi connectivity index (χ1v) is 7.95. The second-order valence-electron chi connectivity index (χ2n) is 5.78. The van der Waals surface area contributed by atoms with Gasteiger partial charge < -0.3 is 10.2 Å². The molecule has 1 aromatic heterocycles. The van der Waals surface area contributed by atoms with Gasteiger partial charge in [0, 0.05) is 31.2 Å². The molecule has 1 N–H and O–H groups in total. The van der Waals surface area contributed by atoms with Crippen LogP contribution in [0.3, 0.4) is 0 Å². The van der Waals surface area contributed by atoms with Crippen molar-refractivity contribution < 1.29 is 14.0 Å². The molecule has 1 saturated heterocycles. The Bertz CT molecular complexity index is 740. The lowest BCUT2D eigenvalue weighted by Gasteiger charge is -2.26. The Labute approximate surface area is 139 Å². The monoisotopic (exact) mass is 327 g/mol. The zero-order valence-electron chi connectivity index (χ0n) is 13.2. The number of nitrogens with zero attached hydrogens (tertiary/aromatic N) is 2. The zero-order valence-corrected chi connectivity index (χ0v) is 13.2. The summed E-state index contributed by atoms with van der Waals surface area (Å²) >= 11 is 0. The second-order valence-corrected chi connectivity index (χ2v) is 5.78. The largest absolute Gasteiger partial charge is 0.339 e. The topological polar surface area (TPSA) is 62.3 Å². The number of aromatic nitrogens is 1.